The predicted octanol–water partition coefficient (Wildman–Crippen LogP) is 6.02. The number of rotatable bonds is 9. The third kappa shape index (κ3) is 6.65. The number of carbonyl (C=O) groups excluding carboxylic acids is 1. The van der Waals surface area contributed by atoms with E-state index in [0.29, 0.717) is 33.7 Å². The molecule has 3 rings (SSSR count). The van der Waals surface area contributed by atoms with Crippen LogP contribution in [0.1, 0.15) is 18.1 Å². The smallest absolute Gasteiger partial charge is 0.269 e. The molecule has 0 aliphatic carbocycles. The topological polar surface area (TPSA) is 114 Å². The van der Waals surface area contributed by atoms with Crippen LogP contribution in [0, 0.1) is 27.3 Å². The van der Waals surface area contributed by atoms with Gasteiger partial charge in [0.1, 0.15) is 24.1 Å². The molecule has 0 saturated heterocycles. The molecule has 35 heavy (non-hydrogen) atoms. The van der Waals surface area contributed by atoms with Crippen molar-refractivity contribution in [2.24, 2.45) is 0 Å². The molecule has 1 N–H and O–H groups in total. The van der Waals surface area contributed by atoms with Crippen molar-refractivity contribution < 1.29 is 23.6 Å². The first-order valence-electron chi connectivity index (χ1n) is 10.3. The highest BCUT2D eigenvalue weighted by atomic mass is 79.9. The number of nitrogens with zero attached hydrogens (tertiary/aromatic N) is 2. The molecule has 3 aromatic carbocycles. The average Bonchev–Trinajstić information content (AvgIpc) is 2.83. The molecule has 0 fully saturated rings. The monoisotopic (exact) mass is 539 g/mol. The molecule has 0 aromatic heterocycles. The van der Waals surface area contributed by atoms with E-state index >= 15 is 0 Å². The van der Waals surface area contributed by atoms with Gasteiger partial charge in [0.15, 0.2) is 11.5 Å². The summed E-state index contributed by atoms with van der Waals surface area (Å²) in [7, 11) is 0. The second kappa shape index (κ2) is 11.8. The Labute approximate surface area is 208 Å². The summed E-state index contributed by atoms with van der Waals surface area (Å²) in [4.78, 5) is 23.0. The molecule has 8 nitrogen and oxygen atoms in total. The van der Waals surface area contributed by atoms with Gasteiger partial charge < -0.3 is 14.8 Å². The SMILES string of the molecule is CCOc1cc(/C=C(/C#N)C(=O)Nc2ccccc2F)cc(Br)c1OCc1cccc([N+](=O)[O-])c1. The largest absolute Gasteiger partial charge is 0.490 e. The number of hydrogen-bond acceptors (Lipinski definition) is 6. The van der Waals surface area contributed by atoms with Gasteiger partial charge in [0.2, 0.25) is 0 Å². The van der Waals surface area contributed by atoms with Crippen molar-refractivity contribution in [1.29, 1.82) is 5.26 Å². The second-order valence-electron chi connectivity index (χ2n) is 7.08. The zero-order valence-corrected chi connectivity index (χ0v) is 20.0. The van der Waals surface area contributed by atoms with Crippen LogP contribution in [-0.4, -0.2) is 17.4 Å². The van der Waals surface area contributed by atoms with Crippen molar-refractivity contribution in [3.05, 3.63) is 97.8 Å². The van der Waals surface area contributed by atoms with Gasteiger partial charge in [-0.1, -0.05) is 24.3 Å². The number of carbonyl (C=O) groups is 1. The van der Waals surface area contributed by atoms with Crippen LogP contribution < -0.4 is 14.8 Å². The van der Waals surface area contributed by atoms with E-state index in [1.54, 1.807) is 37.3 Å². The molecule has 0 aliphatic rings. The molecule has 0 spiro atoms. The minimum Gasteiger partial charge on any atom is -0.490 e. The molecule has 0 heterocycles. The van der Waals surface area contributed by atoms with Gasteiger partial charge in [0, 0.05) is 12.1 Å². The zero-order chi connectivity index (χ0) is 25.4. The normalized spacial score (nSPS) is 10.9. The number of amides is 1. The van der Waals surface area contributed by atoms with E-state index < -0.39 is 16.6 Å². The number of nitro groups is 1. The maximum Gasteiger partial charge on any atom is 0.269 e. The van der Waals surface area contributed by atoms with Gasteiger partial charge in [-0.15, -0.1) is 0 Å². The molecule has 0 radical (unpaired) electrons. The molecular formula is C25H19BrFN3O5. The fraction of sp³-hybridized carbons (Fsp3) is 0.120. The van der Waals surface area contributed by atoms with E-state index in [4.69, 9.17) is 9.47 Å². The number of nitro benzene ring substituents is 1. The van der Waals surface area contributed by atoms with Gasteiger partial charge >= 0.3 is 0 Å². The van der Waals surface area contributed by atoms with Crippen molar-refractivity contribution in [2.45, 2.75) is 13.5 Å². The highest BCUT2D eigenvalue weighted by molar-refractivity contribution is 9.10. The zero-order valence-electron chi connectivity index (χ0n) is 18.5. The van der Waals surface area contributed by atoms with E-state index in [1.165, 1.54) is 36.4 Å². The van der Waals surface area contributed by atoms with Crippen molar-refractivity contribution in [3.8, 4) is 17.6 Å². The molecule has 1 amide bonds. The lowest BCUT2D eigenvalue weighted by Crippen LogP contribution is -2.14. The number of nitrogens with one attached hydrogen (secondary N) is 1. The van der Waals surface area contributed by atoms with E-state index in [2.05, 4.69) is 21.2 Å². The molecule has 0 aliphatic heterocycles. The van der Waals surface area contributed by atoms with Gasteiger partial charge in [0.05, 0.1) is 21.7 Å². The Morgan fingerprint density at radius 2 is 1.97 bits per heavy atom. The summed E-state index contributed by atoms with van der Waals surface area (Å²) in [5.74, 6) is -0.697. The Bertz CT molecular complexity index is 1340. The highest BCUT2D eigenvalue weighted by Gasteiger charge is 2.16. The number of anilines is 1. The highest BCUT2D eigenvalue weighted by Crippen LogP contribution is 2.38. The first-order valence-corrected chi connectivity index (χ1v) is 11.1. The second-order valence-corrected chi connectivity index (χ2v) is 7.94. The molecule has 178 valence electrons. The Morgan fingerprint density at radius 3 is 2.66 bits per heavy atom. The standard InChI is InChI=1S/C25H19BrFN3O5/c1-2-34-23-13-17(10-18(14-28)25(31)29-22-9-4-3-8-21(22)27)12-20(26)24(23)35-15-16-6-5-7-19(11-16)30(32)33/h3-13H,2,15H2,1H3,(H,29,31)/b18-10-. The molecule has 10 heteroatoms. The maximum atomic E-state index is 13.8. The summed E-state index contributed by atoms with van der Waals surface area (Å²) in [6.07, 6.45) is 1.34. The van der Waals surface area contributed by atoms with Crippen LogP contribution in [0.3, 0.4) is 0 Å². The minimum absolute atomic E-state index is 0.0419. The van der Waals surface area contributed by atoms with E-state index in [0.717, 1.165) is 0 Å². The minimum atomic E-state index is -0.766. The summed E-state index contributed by atoms with van der Waals surface area (Å²) in [5.41, 5.74) is 0.721. The third-order valence-corrected chi connectivity index (χ3v) is 5.22. The lowest BCUT2D eigenvalue weighted by molar-refractivity contribution is -0.384. The van der Waals surface area contributed by atoms with Crippen LogP contribution in [0.15, 0.2) is 70.7 Å². The van der Waals surface area contributed by atoms with Gasteiger partial charge in [-0.05, 0) is 64.3 Å². The number of benzene rings is 3. The van der Waals surface area contributed by atoms with E-state index in [9.17, 15) is 24.6 Å². The van der Waals surface area contributed by atoms with Crippen LogP contribution in [0.25, 0.3) is 6.08 Å². The molecule has 3 aromatic rings. The lowest BCUT2D eigenvalue weighted by atomic mass is 10.1. The van der Waals surface area contributed by atoms with Crippen LogP contribution in [0.2, 0.25) is 0 Å². The predicted molar refractivity (Wildman–Crippen MR) is 131 cm³/mol. The Morgan fingerprint density at radius 1 is 1.20 bits per heavy atom. The number of non-ortho nitro benzene ring substituents is 1. The Hall–Kier alpha value is -4.23. The summed E-state index contributed by atoms with van der Waals surface area (Å²) in [5, 5.41) is 22.9. The van der Waals surface area contributed by atoms with Crippen LogP contribution in [0.5, 0.6) is 11.5 Å². The van der Waals surface area contributed by atoms with Crippen LogP contribution >= 0.6 is 15.9 Å². The number of halogens is 2. The van der Waals surface area contributed by atoms with Crippen molar-refractivity contribution in [3.63, 3.8) is 0 Å². The van der Waals surface area contributed by atoms with Gasteiger partial charge in [0.25, 0.3) is 11.6 Å². The molecule has 0 unspecified atom stereocenters. The van der Waals surface area contributed by atoms with Crippen molar-refractivity contribution in [2.75, 3.05) is 11.9 Å². The van der Waals surface area contributed by atoms with E-state index in [1.807, 2.05) is 6.07 Å². The molecule has 0 atom stereocenters. The molecule has 0 bridgehead atoms. The summed E-state index contributed by atoms with van der Waals surface area (Å²) in [6, 6.07) is 16.7. The number of hydrogen-bond donors (Lipinski definition) is 1. The van der Waals surface area contributed by atoms with Crippen LogP contribution in [-0.2, 0) is 11.4 Å². The number of para-hydroxylation sites is 1. The summed E-state index contributed by atoms with van der Waals surface area (Å²) < 4.78 is 25.9. The maximum absolute atomic E-state index is 13.8. The summed E-state index contributed by atoms with van der Waals surface area (Å²) >= 11 is 3.42. The third-order valence-electron chi connectivity index (χ3n) is 4.63. The van der Waals surface area contributed by atoms with Crippen molar-refractivity contribution >= 4 is 39.3 Å². The van der Waals surface area contributed by atoms with E-state index in [-0.39, 0.29) is 23.6 Å². The van der Waals surface area contributed by atoms with Crippen molar-refractivity contribution in [1.82, 2.24) is 0 Å². The fourth-order valence-corrected chi connectivity index (χ4v) is 3.63. The molecular weight excluding hydrogens is 521 g/mol. The summed E-state index contributed by atoms with van der Waals surface area (Å²) in [6.45, 7) is 2.14. The number of ether oxygens (including phenoxy) is 2. The first kappa shape index (κ1) is 25.4. The van der Waals surface area contributed by atoms with Gasteiger partial charge in [-0.3, -0.25) is 14.9 Å². The van der Waals surface area contributed by atoms with Crippen LogP contribution in [0.4, 0.5) is 15.8 Å². The number of nitriles is 1. The Kier molecular flexibility index (Phi) is 8.53. The van der Waals surface area contributed by atoms with Gasteiger partial charge in [-0.25, -0.2) is 4.39 Å². The lowest BCUT2D eigenvalue weighted by Gasteiger charge is -2.15. The quantitative estimate of drug-likeness (QED) is 0.154. The fourth-order valence-electron chi connectivity index (χ4n) is 3.06. The first-order chi connectivity index (χ1) is 16.8. The molecule has 0 saturated carbocycles. The average molecular weight is 540 g/mol. The van der Waals surface area contributed by atoms with Gasteiger partial charge in [-0.2, -0.15) is 5.26 Å². The Balaban J connectivity index is 1.86.